The number of ketones is 1. The average Bonchev–Trinajstić information content (AvgIpc) is 2.96. The van der Waals surface area contributed by atoms with E-state index in [0.29, 0.717) is 18.5 Å². The van der Waals surface area contributed by atoms with E-state index >= 15 is 0 Å². The van der Waals surface area contributed by atoms with Crippen molar-refractivity contribution >= 4 is 17.4 Å². The number of hydrogen-bond acceptors (Lipinski definition) is 4. The zero-order chi connectivity index (χ0) is 15.0. The number of benzene rings is 2. The van der Waals surface area contributed by atoms with E-state index in [9.17, 15) is 14.7 Å². The summed E-state index contributed by atoms with van der Waals surface area (Å²) >= 11 is 0. The van der Waals surface area contributed by atoms with Crippen molar-refractivity contribution in [1.29, 1.82) is 0 Å². The molecule has 0 bridgehead atoms. The SMILES string of the molecule is O=C(O)c1ccccc1C(=O)c1ccc2c(c1O)CCN2. The molecule has 5 heteroatoms. The van der Waals surface area contributed by atoms with Gasteiger partial charge in [0.25, 0.3) is 0 Å². The van der Waals surface area contributed by atoms with Crippen molar-refractivity contribution in [2.45, 2.75) is 6.42 Å². The summed E-state index contributed by atoms with van der Waals surface area (Å²) in [5.74, 6) is -1.72. The molecule has 3 rings (SSSR count). The molecule has 0 spiro atoms. The van der Waals surface area contributed by atoms with Crippen molar-refractivity contribution in [2.24, 2.45) is 0 Å². The van der Waals surface area contributed by atoms with Crippen LogP contribution in [0.15, 0.2) is 36.4 Å². The van der Waals surface area contributed by atoms with Gasteiger partial charge in [0.1, 0.15) is 5.75 Å². The van der Waals surface area contributed by atoms with E-state index in [1.807, 2.05) is 0 Å². The third kappa shape index (κ3) is 2.12. The molecule has 0 unspecified atom stereocenters. The maximum Gasteiger partial charge on any atom is 0.336 e. The molecule has 0 fully saturated rings. The Morgan fingerprint density at radius 3 is 2.43 bits per heavy atom. The number of carboxylic acids is 1. The van der Waals surface area contributed by atoms with Crippen LogP contribution < -0.4 is 5.32 Å². The molecule has 1 heterocycles. The van der Waals surface area contributed by atoms with E-state index in [4.69, 9.17) is 5.11 Å². The zero-order valence-electron chi connectivity index (χ0n) is 11.1. The Hall–Kier alpha value is -2.82. The first-order valence-corrected chi connectivity index (χ1v) is 6.55. The van der Waals surface area contributed by atoms with Crippen LogP contribution in [0.5, 0.6) is 5.75 Å². The molecule has 0 aliphatic carbocycles. The Labute approximate surface area is 120 Å². The first-order chi connectivity index (χ1) is 10.1. The van der Waals surface area contributed by atoms with Gasteiger partial charge in [-0.1, -0.05) is 18.2 Å². The fourth-order valence-corrected chi connectivity index (χ4v) is 2.57. The quantitative estimate of drug-likeness (QED) is 0.752. The number of fused-ring (bicyclic) bond motifs is 1. The molecule has 2 aromatic carbocycles. The van der Waals surface area contributed by atoms with Crippen molar-refractivity contribution < 1.29 is 19.8 Å². The highest BCUT2D eigenvalue weighted by Crippen LogP contribution is 2.34. The lowest BCUT2D eigenvalue weighted by Gasteiger charge is -2.10. The van der Waals surface area contributed by atoms with E-state index in [-0.39, 0.29) is 22.4 Å². The largest absolute Gasteiger partial charge is 0.507 e. The van der Waals surface area contributed by atoms with Crippen molar-refractivity contribution in [3.63, 3.8) is 0 Å². The molecule has 0 atom stereocenters. The molecular weight excluding hydrogens is 270 g/mol. The van der Waals surface area contributed by atoms with Crippen LogP contribution in [0, 0.1) is 0 Å². The van der Waals surface area contributed by atoms with Crippen LogP contribution in [-0.4, -0.2) is 28.5 Å². The monoisotopic (exact) mass is 283 g/mol. The normalized spacial score (nSPS) is 12.6. The number of carboxylic acid groups (broad SMARTS) is 1. The van der Waals surface area contributed by atoms with Gasteiger partial charge in [-0.15, -0.1) is 0 Å². The van der Waals surface area contributed by atoms with Gasteiger partial charge in [0, 0.05) is 23.4 Å². The highest BCUT2D eigenvalue weighted by atomic mass is 16.4. The lowest BCUT2D eigenvalue weighted by atomic mass is 9.95. The summed E-state index contributed by atoms with van der Waals surface area (Å²) in [7, 11) is 0. The topological polar surface area (TPSA) is 86.6 Å². The van der Waals surface area contributed by atoms with Gasteiger partial charge in [-0.05, 0) is 24.6 Å². The van der Waals surface area contributed by atoms with Gasteiger partial charge >= 0.3 is 5.97 Å². The van der Waals surface area contributed by atoms with Crippen LogP contribution >= 0.6 is 0 Å². The van der Waals surface area contributed by atoms with Crippen LogP contribution in [0.4, 0.5) is 5.69 Å². The standard InChI is InChI=1S/C16H13NO4/c18-14(9-3-1-2-4-10(9)16(20)21)12-5-6-13-11(15(12)19)7-8-17-13/h1-6,17,19H,7-8H2,(H,20,21). The number of carbonyl (C=O) groups excluding carboxylic acids is 1. The molecule has 3 N–H and O–H groups in total. The Bertz CT molecular complexity index is 752. The second kappa shape index (κ2) is 4.94. The Balaban J connectivity index is 2.10. The summed E-state index contributed by atoms with van der Waals surface area (Å²) in [6.07, 6.45) is 0.642. The summed E-state index contributed by atoms with van der Waals surface area (Å²) in [5, 5.41) is 22.5. The van der Waals surface area contributed by atoms with Gasteiger partial charge in [0.2, 0.25) is 0 Å². The van der Waals surface area contributed by atoms with Gasteiger partial charge in [-0.2, -0.15) is 0 Å². The van der Waals surface area contributed by atoms with Gasteiger partial charge in [0.15, 0.2) is 5.78 Å². The first kappa shape index (κ1) is 13.2. The van der Waals surface area contributed by atoms with Gasteiger partial charge < -0.3 is 15.5 Å². The van der Waals surface area contributed by atoms with Crippen molar-refractivity contribution in [2.75, 3.05) is 11.9 Å². The summed E-state index contributed by atoms with van der Waals surface area (Å²) < 4.78 is 0. The summed E-state index contributed by atoms with van der Waals surface area (Å²) in [6.45, 7) is 0.715. The molecule has 5 nitrogen and oxygen atoms in total. The molecule has 0 aromatic heterocycles. The van der Waals surface area contributed by atoms with Crippen molar-refractivity contribution in [3.05, 3.63) is 58.7 Å². The maximum absolute atomic E-state index is 12.5. The maximum atomic E-state index is 12.5. The smallest absolute Gasteiger partial charge is 0.336 e. The predicted octanol–water partition coefficient (Wildman–Crippen LogP) is 2.29. The third-order valence-electron chi connectivity index (χ3n) is 3.62. The number of phenols is 1. The van der Waals surface area contributed by atoms with E-state index in [0.717, 1.165) is 5.69 Å². The number of carbonyl (C=O) groups is 2. The summed E-state index contributed by atoms with van der Waals surface area (Å²) in [4.78, 5) is 23.8. The van der Waals surface area contributed by atoms with E-state index in [2.05, 4.69) is 5.32 Å². The van der Waals surface area contributed by atoms with Crippen molar-refractivity contribution in [1.82, 2.24) is 0 Å². The molecule has 0 amide bonds. The number of hydrogen-bond donors (Lipinski definition) is 3. The summed E-state index contributed by atoms with van der Waals surface area (Å²) in [5.41, 5.74) is 1.65. The summed E-state index contributed by atoms with van der Waals surface area (Å²) in [6, 6.07) is 9.25. The van der Waals surface area contributed by atoms with Crippen LogP contribution in [0.2, 0.25) is 0 Å². The van der Waals surface area contributed by atoms with Crippen LogP contribution in [0.3, 0.4) is 0 Å². The molecule has 106 valence electrons. The van der Waals surface area contributed by atoms with Crippen molar-refractivity contribution in [3.8, 4) is 5.75 Å². The molecular formula is C16H13NO4. The number of aromatic carboxylic acids is 1. The molecule has 0 radical (unpaired) electrons. The molecule has 1 aliphatic heterocycles. The highest BCUT2D eigenvalue weighted by molar-refractivity contribution is 6.15. The number of anilines is 1. The van der Waals surface area contributed by atoms with Crippen LogP contribution in [-0.2, 0) is 6.42 Å². The minimum absolute atomic E-state index is 0.0670. The minimum atomic E-state index is -1.17. The van der Waals surface area contributed by atoms with Crippen LogP contribution in [0.1, 0.15) is 31.8 Å². The second-order valence-corrected chi connectivity index (χ2v) is 4.84. The zero-order valence-corrected chi connectivity index (χ0v) is 11.1. The Morgan fingerprint density at radius 2 is 1.71 bits per heavy atom. The first-order valence-electron chi connectivity index (χ1n) is 6.55. The number of phenolic OH excluding ortho intramolecular Hbond substituents is 1. The minimum Gasteiger partial charge on any atom is -0.507 e. The fraction of sp³-hybridized carbons (Fsp3) is 0.125. The molecule has 21 heavy (non-hydrogen) atoms. The fourth-order valence-electron chi connectivity index (χ4n) is 2.57. The van der Waals surface area contributed by atoms with E-state index in [1.54, 1.807) is 18.2 Å². The van der Waals surface area contributed by atoms with E-state index < -0.39 is 11.8 Å². The highest BCUT2D eigenvalue weighted by Gasteiger charge is 2.24. The number of nitrogens with one attached hydrogen (secondary N) is 1. The lowest BCUT2D eigenvalue weighted by molar-refractivity contribution is 0.0692. The van der Waals surface area contributed by atoms with Crippen LogP contribution in [0.25, 0.3) is 0 Å². The van der Waals surface area contributed by atoms with Gasteiger partial charge in [-0.3, -0.25) is 4.79 Å². The molecule has 0 saturated heterocycles. The molecule has 1 aliphatic rings. The third-order valence-corrected chi connectivity index (χ3v) is 3.62. The predicted molar refractivity (Wildman–Crippen MR) is 77.1 cm³/mol. The lowest BCUT2D eigenvalue weighted by Crippen LogP contribution is -2.10. The van der Waals surface area contributed by atoms with Gasteiger partial charge in [0.05, 0.1) is 11.1 Å². The number of aromatic hydroxyl groups is 1. The molecule has 0 saturated carbocycles. The molecule has 2 aromatic rings. The Kier molecular flexibility index (Phi) is 3.10. The Morgan fingerprint density at radius 1 is 1.00 bits per heavy atom. The average molecular weight is 283 g/mol. The second-order valence-electron chi connectivity index (χ2n) is 4.84. The number of rotatable bonds is 3. The van der Waals surface area contributed by atoms with E-state index in [1.165, 1.54) is 18.2 Å². The van der Waals surface area contributed by atoms with Gasteiger partial charge in [-0.25, -0.2) is 4.79 Å².